The smallest absolute Gasteiger partial charge is 0.328 e. The minimum atomic E-state index is -0.914. The number of carboxylic acid groups (broad SMARTS) is 2. The zero-order valence-corrected chi connectivity index (χ0v) is 9.85. The van der Waals surface area contributed by atoms with Crippen LogP contribution in [0.1, 0.15) is 39.5 Å². The molecule has 0 aromatic rings. The van der Waals surface area contributed by atoms with Crippen LogP contribution in [-0.4, -0.2) is 22.2 Å². The van der Waals surface area contributed by atoms with E-state index in [4.69, 9.17) is 10.2 Å². The largest absolute Gasteiger partial charge is 0.481 e. The van der Waals surface area contributed by atoms with Crippen LogP contribution < -0.4 is 0 Å². The van der Waals surface area contributed by atoms with Gasteiger partial charge in [-0.1, -0.05) is 38.0 Å². The van der Waals surface area contributed by atoms with Crippen molar-refractivity contribution in [3.05, 3.63) is 24.3 Å². The minimum Gasteiger partial charge on any atom is -0.481 e. The van der Waals surface area contributed by atoms with Crippen molar-refractivity contribution in [1.29, 1.82) is 0 Å². The Morgan fingerprint density at radius 2 is 1.75 bits per heavy atom. The van der Waals surface area contributed by atoms with Crippen LogP contribution in [0, 0.1) is 0 Å². The highest BCUT2D eigenvalue weighted by Crippen LogP contribution is 1.97. The molecule has 0 rings (SSSR count). The predicted octanol–water partition coefficient (Wildman–Crippen LogP) is 2.85. The van der Waals surface area contributed by atoms with Crippen LogP contribution in [0.25, 0.3) is 0 Å². The van der Waals surface area contributed by atoms with Crippen molar-refractivity contribution in [2.24, 2.45) is 0 Å². The maximum atomic E-state index is 9.87. The molecule has 0 spiro atoms. The van der Waals surface area contributed by atoms with Gasteiger partial charge < -0.3 is 10.2 Å². The molecule has 0 fully saturated rings. The standard InChI is InChI=1S/C6H12O2.C6H8O2/c2*1-2-3-4-5-6(7)8/h2-5H2,1H3,(H,7,8);2-5H,1H3,(H,7,8). The molecule has 0 amide bonds. The van der Waals surface area contributed by atoms with Crippen LogP contribution in [0.2, 0.25) is 0 Å². The van der Waals surface area contributed by atoms with Gasteiger partial charge in [-0.15, -0.1) is 0 Å². The highest BCUT2D eigenvalue weighted by molar-refractivity contribution is 5.80. The second-order valence-electron chi connectivity index (χ2n) is 3.07. The van der Waals surface area contributed by atoms with E-state index in [9.17, 15) is 9.59 Å². The van der Waals surface area contributed by atoms with Gasteiger partial charge in [0.2, 0.25) is 0 Å². The van der Waals surface area contributed by atoms with Crippen molar-refractivity contribution in [1.82, 2.24) is 0 Å². The summed E-state index contributed by atoms with van der Waals surface area (Å²) >= 11 is 0. The van der Waals surface area contributed by atoms with E-state index in [2.05, 4.69) is 6.92 Å². The zero-order chi connectivity index (χ0) is 12.8. The van der Waals surface area contributed by atoms with Gasteiger partial charge >= 0.3 is 11.9 Å². The van der Waals surface area contributed by atoms with E-state index in [1.54, 1.807) is 12.2 Å². The molecule has 16 heavy (non-hydrogen) atoms. The van der Waals surface area contributed by atoms with Crippen molar-refractivity contribution in [2.75, 3.05) is 0 Å². The Hall–Kier alpha value is -1.58. The first-order valence-corrected chi connectivity index (χ1v) is 5.28. The first-order chi connectivity index (χ1) is 7.54. The maximum absolute atomic E-state index is 9.87. The average molecular weight is 228 g/mol. The summed E-state index contributed by atoms with van der Waals surface area (Å²) in [6.45, 7) is 3.88. The third-order valence-electron chi connectivity index (χ3n) is 1.54. The first kappa shape index (κ1) is 16.8. The molecule has 4 nitrogen and oxygen atoms in total. The lowest BCUT2D eigenvalue weighted by molar-refractivity contribution is -0.137. The van der Waals surface area contributed by atoms with E-state index in [1.165, 1.54) is 6.08 Å². The lowest BCUT2D eigenvalue weighted by Crippen LogP contribution is -1.92. The van der Waals surface area contributed by atoms with Crippen LogP contribution in [0.3, 0.4) is 0 Å². The Labute approximate surface area is 96.3 Å². The van der Waals surface area contributed by atoms with Crippen LogP contribution in [0.5, 0.6) is 0 Å². The van der Waals surface area contributed by atoms with E-state index >= 15 is 0 Å². The van der Waals surface area contributed by atoms with Gasteiger partial charge in [0.25, 0.3) is 0 Å². The molecular formula is C12H20O4. The number of rotatable bonds is 6. The summed E-state index contributed by atoms with van der Waals surface area (Å²) in [5, 5.41) is 16.2. The molecular weight excluding hydrogens is 208 g/mol. The second kappa shape index (κ2) is 13.4. The summed E-state index contributed by atoms with van der Waals surface area (Å²) < 4.78 is 0. The molecule has 0 bridgehead atoms. The number of allylic oxidation sites excluding steroid dienone is 3. The molecule has 92 valence electrons. The number of hydrogen-bond acceptors (Lipinski definition) is 2. The third-order valence-corrected chi connectivity index (χ3v) is 1.54. The SMILES string of the molecule is CC=CC=CC(=O)O.CCCCCC(=O)O. The van der Waals surface area contributed by atoms with Gasteiger partial charge in [-0.2, -0.15) is 0 Å². The van der Waals surface area contributed by atoms with Gasteiger partial charge in [-0.25, -0.2) is 4.79 Å². The zero-order valence-electron chi connectivity index (χ0n) is 9.85. The molecule has 0 aliphatic rings. The minimum absolute atomic E-state index is 0.327. The van der Waals surface area contributed by atoms with Gasteiger partial charge in [-0.3, -0.25) is 4.79 Å². The number of carboxylic acids is 2. The number of aliphatic carboxylic acids is 2. The molecule has 0 radical (unpaired) electrons. The summed E-state index contributed by atoms with van der Waals surface area (Å²) in [6, 6.07) is 0. The normalized spacial score (nSPS) is 10.1. The Morgan fingerprint density at radius 3 is 2.12 bits per heavy atom. The summed E-state index contributed by atoms with van der Waals surface area (Å²) in [6.07, 6.45) is 9.26. The molecule has 2 N–H and O–H groups in total. The van der Waals surface area contributed by atoms with E-state index in [0.29, 0.717) is 6.42 Å². The predicted molar refractivity (Wildman–Crippen MR) is 63.4 cm³/mol. The van der Waals surface area contributed by atoms with Crippen molar-refractivity contribution in [3.8, 4) is 0 Å². The third kappa shape index (κ3) is 22.8. The van der Waals surface area contributed by atoms with Crippen LogP contribution >= 0.6 is 0 Å². The molecule has 0 atom stereocenters. The van der Waals surface area contributed by atoms with Crippen LogP contribution in [0.15, 0.2) is 24.3 Å². The molecule has 0 saturated carbocycles. The van der Waals surface area contributed by atoms with E-state index in [1.807, 2.05) is 6.92 Å². The molecule has 0 heterocycles. The highest BCUT2D eigenvalue weighted by Gasteiger charge is 1.92. The number of hydrogen-bond donors (Lipinski definition) is 2. The molecule has 0 aromatic heterocycles. The molecule has 0 unspecified atom stereocenters. The van der Waals surface area contributed by atoms with Gasteiger partial charge in [0.05, 0.1) is 0 Å². The summed E-state index contributed by atoms with van der Waals surface area (Å²) in [4.78, 5) is 19.6. The van der Waals surface area contributed by atoms with Gasteiger partial charge in [0.1, 0.15) is 0 Å². The van der Waals surface area contributed by atoms with Crippen molar-refractivity contribution < 1.29 is 19.8 Å². The number of unbranched alkanes of at least 4 members (excludes halogenated alkanes) is 2. The van der Waals surface area contributed by atoms with Gasteiger partial charge in [-0.05, 0) is 13.3 Å². The van der Waals surface area contributed by atoms with Crippen LogP contribution in [-0.2, 0) is 9.59 Å². The van der Waals surface area contributed by atoms with Gasteiger partial charge in [0, 0.05) is 12.5 Å². The van der Waals surface area contributed by atoms with Crippen molar-refractivity contribution in [2.45, 2.75) is 39.5 Å². The topological polar surface area (TPSA) is 74.6 Å². The summed E-state index contributed by atoms with van der Waals surface area (Å²) in [7, 11) is 0. The van der Waals surface area contributed by atoms with Crippen molar-refractivity contribution in [3.63, 3.8) is 0 Å². The molecule has 4 heteroatoms. The Kier molecular flexibility index (Phi) is 14.1. The maximum Gasteiger partial charge on any atom is 0.328 e. The Morgan fingerprint density at radius 1 is 1.12 bits per heavy atom. The van der Waals surface area contributed by atoms with E-state index < -0.39 is 11.9 Å². The summed E-state index contributed by atoms with van der Waals surface area (Å²) in [5.74, 6) is -1.60. The Bertz CT molecular complexity index is 241. The lowest BCUT2D eigenvalue weighted by atomic mass is 10.2. The first-order valence-electron chi connectivity index (χ1n) is 5.28. The summed E-state index contributed by atoms with van der Waals surface area (Å²) in [5.41, 5.74) is 0. The average Bonchev–Trinajstić information content (AvgIpc) is 2.18. The van der Waals surface area contributed by atoms with E-state index in [-0.39, 0.29) is 0 Å². The molecule has 0 aliphatic carbocycles. The fourth-order valence-corrected chi connectivity index (χ4v) is 0.775. The van der Waals surface area contributed by atoms with Crippen LogP contribution in [0.4, 0.5) is 0 Å². The lowest BCUT2D eigenvalue weighted by Gasteiger charge is -1.89. The molecule has 0 saturated heterocycles. The monoisotopic (exact) mass is 228 g/mol. The molecule has 0 aliphatic heterocycles. The van der Waals surface area contributed by atoms with E-state index in [0.717, 1.165) is 25.3 Å². The quantitative estimate of drug-likeness (QED) is 0.416. The van der Waals surface area contributed by atoms with Gasteiger partial charge in [0.15, 0.2) is 0 Å². The second-order valence-corrected chi connectivity index (χ2v) is 3.07. The number of carbonyl (C=O) groups is 2. The molecule has 0 aromatic carbocycles. The fraction of sp³-hybridized carbons (Fsp3) is 0.500. The highest BCUT2D eigenvalue weighted by atomic mass is 16.4. The fourth-order valence-electron chi connectivity index (χ4n) is 0.775. The Balaban J connectivity index is 0. The van der Waals surface area contributed by atoms with Crippen molar-refractivity contribution >= 4 is 11.9 Å².